The number of hydrogen-bond donors (Lipinski definition) is 1. The van der Waals surface area contributed by atoms with E-state index in [2.05, 4.69) is 42.7 Å². The Morgan fingerprint density at radius 1 is 1.32 bits per heavy atom. The van der Waals surface area contributed by atoms with E-state index in [9.17, 15) is 0 Å². The SMILES string of the molecule is CCc1ccc(-c2nc3n(c2N)C(C)CCC3)cc1. The summed E-state index contributed by atoms with van der Waals surface area (Å²) in [4.78, 5) is 4.76. The molecule has 1 aliphatic rings. The summed E-state index contributed by atoms with van der Waals surface area (Å²) in [6, 6.07) is 9.06. The number of benzene rings is 1. The molecule has 3 heteroatoms. The van der Waals surface area contributed by atoms with Crippen LogP contribution in [-0.4, -0.2) is 9.55 Å². The largest absolute Gasteiger partial charge is 0.383 e. The number of rotatable bonds is 2. The Balaban J connectivity index is 2.05. The predicted octanol–water partition coefficient (Wildman–Crippen LogP) is 3.59. The molecule has 2 heterocycles. The summed E-state index contributed by atoms with van der Waals surface area (Å²) in [6.07, 6.45) is 4.52. The first-order valence-corrected chi connectivity index (χ1v) is 7.16. The van der Waals surface area contributed by atoms with E-state index in [4.69, 9.17) is 10.7 Å². The van der Waals surface area contributed by atoms with E-state index in [-0.39, 0.29) is 0 Å². The Kier molecular flexibility index (Phi) is 3.05. The van der Waals surface area contributed by atoms with E-state index in [0.29, 0.717) is 6.04 Å². The molecule has 2 aromatic rings. The second-order valence-electron chi connectivity index (χ2n) is 5.42. The molecular weight excluding hydrogens is 234 g/mol. The summed E-state index contributed by atoms with van der Waals surface area (Å²) in [7, 11) is 0. The van der Waals surface area contributed by atoms with Crippen LogP contribution in [0.5, 0.6) is 0 Å². The molecule has 100 valence electrons. The van der Waals surface area contributed by atoms with Gasteiger partial charge in [0.2, 0.25) is 0 Å². The van der Waals surface area contributed by atoms with Gasteiger partial charge in [0.15, 0.2) is 0 Å². The third-order valence-corrected chi connectivity index (χ3v) is 4.12. The molecule has 0 saturated heterocycles. The molecule has 1 aromatic carbocycles. The molecule has 0 spiro atoms. The van der Waals surface area contributed by atoms with Crippen molar-refractivity contribution in [3.63, 3.8) is 0 Å². The van der Waals surface area contributed by atoms with Crippen molar-refractivity contribution in [1.29, 1.82) is 0 Å². The number of nitrogens with two attached hydrogens (primary N) is 1. The lowest BCUT2D eigenvalue weighted by Gasteiger charge is -2.22. The highest BCUT2D eigenvalue weighted by molar-refractivity contribution is 5.71. The molecule has 1 unspecified atom stereocenters. The van der Waals surface area contributed by atoms with Gasteiger partial charge < -0.3 is 10.3 Å². The minimum absolute atomic E-state index is 0.472. The second kappa shape index (κ2) is 4.72. The highest BCUT2D eigenvalue weighted by atomic mass is 15.2. The van der Waals surface area contributed by atoms with Crippen molar-refractivity contribution in [3.05, 3.63) is 35.7 Å². The molecule has 3 rings (SSSR count). The van der Waals surface area contributed by atoms with Gasteiger partial charge in [0.1, 0.15) is 17.3 Å². The summed E-state index contributed by atoms with van der Waals surface area (Å²) in [5.41, 5.74) is 9.74. The van der Waals surface area contributed by atoms with Crippen molar-refractivity contribution in [3.8, 4) is 11.3 Å². The topological polar surface area (TPSA) is 43.8 Å². The van der Waals surface area contributed by atoms with Crippen molar-refractivity contribution in [1.82, 2.24) is 9.55 Å². The molecule has 1 aliphatic heterocycles. The van der Waals surface area contributed by atoms with E-state index in [1.807, 2.05) is 0 Å². The maximum absolute atomic E-state index is 6.32. The van der Waals surface area contributed by atoms with Crippen LogP contribution in [0, 0.1) is 0 Å². The molecule has 3 nitrogen and oxygen atoms in total. The lowest BCUT2D eigenvalue weighted by atomic mass is 10.1. The first kappa shape index (κ1) is 12.3. The summed E-state index contributed by atoms with van der Waals surface area (Å²) in [5, 5.41) is 0. The number of imidazole rings is 1. The number of nitrogen functional groups attached to an aromatic ring is 1. The number of aromatic nitrogens is 2. The lowest BCUT2D eigenvalue weighted by molar-refractivity contribution is 0.430. The molecule has 0 aliphatic carbocycles. The van der Waals surface area contributed by atoms with E-state index in [1.54, 1.807) is 0 Å². The number of anilines is 1. The van der Waals surface area contributed by atoms with Crippen LogP contribution in [0.1, 0.15) is 44.1 Å². The van der Waals surface area contributed by atoms with Gasteiger partial charge in [-0.3, -0.25) is 0 Å². The molecule has 0 amide bonds. The standard InChI is InChI=1S/C16H21N3/c1-3-12-7-9-13(10-8-12)15-16(17)19-11(2)5-4-6-14(19)18-15/h7-11H,3-6,17H2,1-2H3. The monoisotopic (exact) mass is 255 g/mol. The molecule has 2 N–H and O–H groups in total. The maximum atomic E-state index is 6.32. The van der Waals surface area contributed by atoms with Gasteiger partial charge in [0.05, 0.1) is 0 Å². The first-order valence-electron chi connectivity index (χ1n) is 7.16. The van der Waals surface area contributed by atoms with Crippen LogP contribution in [0.4, 0.5) is 5.82 Å². The predicted molar refractivity (Wildman–Crippen MR) is 79.1 cm³/mol. The van der Waals surface area contributed by atoms with Crippen LogP contribution in [-0.2, 0) is 12.8 Å². The van der Waals surface area contributed by atoms with E-state index < -0.39 is 0 Å². The minimum atomic E-state index is 0.472. The Hall–Kier alpha value is -1.77. The summed E-state index contributed by atoms with van der Waals surface area (Å²) in [6.45, 7) is 4.39. The van der Waals surface area contributed by atoms with Gasteiger partial charge in [-0.2, -0.15) is 0 Å². The van der Waals surface area contributed by atoms with Gasteiger partial charge in [-0.15, -0.1) is 0 Å². The molecule has 19 heavy (non-hydrogen) atoms. The van der Waals surface area contributed by atoms with Crippen molar-refractivity contribution in [2.24, 2.45) is 0 Å². The quantitative estimate of drug-likeness (QED) is 0.891. The fourth-order valence-electron chi connectivity index (χ4n) is 2.96. The highest BCUT2D eigenvalue weighted by Crippen LogP contribution is 2.34. The van der Waals surface area contributed by atoms with E-state index in [0.717, 1.165) is 35.7 Å². The fourth-order valence-corrected chi connectivity index (χ4v) is 2.96. The Morgan fingerprint density at radius 3 is 2.68 bits per heavy atom. The third kappa shape index (κ3) is 2.03. The van der Waals surface area contributed by atoms with Gasteiger partial charge in [-0.1, -0.05) is 31.2 Å². The molecule has 0 bridgehead atoms. The van der Waals surface area contributed by atoms with Crippen LogP contribution in [0.3, 0.4) is 0 Å². The molecule has 0 fully saturated rings. The zero-order chi connectivity index (χ0) is 13.4. The van der Waals surface area contributed by atoms with Gasteiger partial charge in [-0.25, -0.2) is 4.98 Å². The molecular formula is C16H21N3. The van der Waals surface area contributed by atoms with E-state index >= 15 is 0 Å². The van der Waals surface area contributed by atoms with Crippen molar-refractivity contribution in [2.75, 3.05) is 5.73 Å². The van der Waals surface area contributed by atoms with Gasteiger partial charge in [-0.05, 0) is 31.7 Å². The van der Waals surface area contributed by atoms with Gasteiger partial charge in [0, 0.05) is 18.0 Å². The Labute approximate surface area is 114 Å². The molecule has 0 saturated carbocycles. The van der Waals surface area contributed by atoms with Crippen LogP contribution < -0.4 is 5.73 Å². The summed E-state index contributed by atoms with van der Waals surface area (Å²) >= 11 is 0. The second-order valence-corrected chi connectivity index (χ2v) is 5.42. The normalized spacial score (nSPS) is 18.3. The summed E-state index contributed by atoms with van der Waals surface area (Å²) < 4.78 is 2.21. The highest BCUT2D eigenvalue weighted by Gasteiger charge is 2.23. The maximum Gasteiger partial charge on any atom is 0.131 e. The lowest BCUT2D eigenvalue weighted by Crippen LogP contribution is -2.16. The third-order valence-electron chi connectivity index (χ3n) is 4.12. The zero-order valence-electron chi connectivity index (χ0n) is 11.7. The van der Waals surface area contributed by atoms with Gasteiger partial charge >= 0.3 is 0 Å². The van der Waals surface area contributed by atoms with Crippen molar-refractivity contribution < 1.29 is 0 Å². The number of fused-ring (bicyclic) bond motifs is 1. The van der Waals surface area contributed by atoms with Gasteiger partial charge in [0.25, 0.3) is 0 Å². The smallest absolute Gasteiger partial charge is 0.131 e. The van der Waals surface area contributed by atoms with Crippen molar-refractivity contribution in [2.45, 2.75) is 45.6 Å². The molecule has 0 radical (unpaired) electrons. The van der Waals surface area contributed by atoms with Crippen LogP contribution in [0.25, 0.3) is 11.3 Å². The zero-order valence-corrected chi connectivity index (χ0v) is 11.7. The number of nitrogens with zero attached hydrogens (tertiary/aromatic N) is 2. The molecule has 1 aromatic heterocycles. The van der Waals surface area contributed by atoms with Crippen LogP contribution >= 0.6 is 0 Å². The Morgan fingerprint density at radius 2 is 2.05 bits per heavy atom. The Bertz CT molecular complexity index is 581. The first-order chi connectivity index (χ1) is 9.20. The molecule has 1 atom stereocenters. The van der Waals surface area contributed by atoms with Crippen molar-refractivity contribution >= 4 is 5.82 Å². The number of aryl methyl sites for hydroxylation is 2. The minimum Gasteiger partial charge on any atom is -0.383 e. The van der Waals surface area contributed by atoms with E-state index in [1.165, 1.54) is 18.4 Å². The fraction of sp³-hybridized carbons (Fsp3) is 0.438. The van der Waals surface area contributed by atoms with Crippen LogP contribution in [0.2, 0.25) is 0 Å². The summed E-state index contributed by atoms with van der Waals surface area (Å²) in [5.74, 6) is 1.97. The average molecular weight is 255 g/mol. The van der Waals surface area contributed by atoms with Crippen LogP contribution in [0.15, 0.2) is 24.3 Å². The number of hydrogen-bond acceptors (Lipinski definition) is 2. The average Bonchev–Trinajstić information content (AvgIpc) is 2.78.